The lowest BCUT2D eigenvalue weighted by Gasteiger charge is -1.97. The zero-order valence-electron chi connectivity index (χ0n) is 6.05. The summed E-state index contributed by atoms with van der Waals surface area (Å²) in [4.78, 5) is 0. The molecule has 0 saturated carbocycles. The Balaban J connectivity index is 2.77. The van der Waals surface area contributed by atoms with Crippen LogP contribution in [0.4, 0.5) is 13.2 Å². The van der Waals surface area contributed by atoms with Crippen LogP contribution in [0.15, 0.2) is 4.34 Å². The smallest absolute Gasteiger partial charge is 0.164 e. The molecule has 68 valence electrons. The van der Waals surface area contributed by atoms with Crippen molar-refractivity contribution < 1.29 is 13.2 Å². The molecule has 0 unspecified atom stereocenters. The monoisotopic (exact) mass is 214 g/mol. The Morgan fingerprint density at radius 1 is 1.42 bits per heavy atom. The van der Waals surface area contributed by atoms with Crippen molar-refractivity contribution in [3.63, 3.8) is 0 Å². The third-order valence-electron chi connectivity index (χ3n) is 0.917. The van der Waals surface area contributed by atoms with E-state index in [9.17, 15) is 13.2 Å². The first kappa shape index (κ1) is 9.79. The van der Waals surface area contributed by atoms with Gasteiger partial charge in [-0.05, 0) is 5.75 Å². The number of halogens is 3. The highest BCUT2D eigenvalue weighted by atomic mass is 32.2. The van der Waals surface area contributed by atoms with Gasteiger partial charge in [0, 0.05) is 0 Å². The summed E-state index contributed by atoms with van der Waals surface area (Å²) in [5.41, 5.74) is 0. The van der Waals surface area contributed by atoms with E-state index in [2.05, 4.69) is 10.2 Å². The zero-order chi connectivity index (χ0) is 9.19. The minimum atomic E-state index is -4.36. The fraction of sp³-hybridized carbons (Fsp3) is 0.600. The van der Waals surface area contributed by atoms with Crippen molar-refractivity contribution in [2.75, 3.05) is 5.75 Å². The number of alkyl halides is 3. The van der Waals surface area contributed by atoms with Gasteiger partial charge in [-0.1, -0.05) is 30.0 Å². The summed E-state index contributed by atoms with van der Waals surface area (Å²) in [5, 5.41) is 5.54. The van der Waals surface area contributed by atoms with E-state index in [1.165, 1.54) is 11.8 Å². The molecule has 0 aliphatic heterocycles. The van der Waals surface area contributed by atoms with Gasteiger partial charge in [0.15, 0.2) is 4.34 Å². The summed E-state index contributed by atoms with van der Waals surface area (Å²) in [7, 11) is 0. The van der Waals surface area contributed by atoms with Gasteiger partial charge >= 0.3 is 6.18 Å². The number of hydrogen-bond donors (Lipinski definition) is 0. The van der Waals surface area contributed by atoms with E-state index in [-0.39, 0.29) is 0 Å². The number of aromatic nitrogens is 2. The second-order valence-electron chi connectivity index (χ2n) is 1.80. The van der Waals surface area contributed by atoms with Crippen molar-refractivity contribution in [2.24, 2.45) is 0 Å². The topological polar surface area (TPSA) is 25.8 Å². The third-order valence-corrected chi connectivity index (χ3v) is 2.90. The zero-order valence-corrected chi connectivity index (χ0v) is 7.68. The van der Waals surface area contributed by atoms with Crippen molar-refractivity contribution in [3.05, 3.63) is 5.01 Å². The minimum absolute atomic E-state index is 0.366. The quantitative estimate of drug-likeness (QED) is 0.708. The molecule has 2 nitrogen and oxygen atoms in total. The summed E-state index contributed by atoms with van der Waals surface area (Å²) < 4.78 is 36.2. The van der Waals surface area contributed by atoms with Gasteiger partial charge in [0.25, 0.3) is 0 Å². The predicted octanol–water partition coefficient (Wildman–Crippen LogP) is 2.67. The van der Waals surface area contributed by atoms with E-state index in [0.717, 1.165) is 0 Å². The fourth-order valence-electron chi connectivity index (χ4n) is 0.506. The molecule has 0 spiro atoms. The minimum Gasteiger partial charge on any atom is -0.164 e. The number of thioether (sulfide) groups is 1. The summed E-state index contributed by atoms with van der Waals surface area (Å²) in [6.45, 7) is 1.85. The molecule has 1 heterocycles. The van der Waals surface area contributed by atoms with Gasteiger partial charge < -0.3 is 0 Å². The number of hydrogen-bond acceptors (Lipinski definition) is 4. The Hall–Kier alpha value is -0.300. The molecular formula is C5H5F3N2S2. The second-order valence-corrected chi connectivity index (χ2v) is 4.29. The molecule has 0 N–H and O–H groups in total. The van der Waals surface area contributed by atoms with Crippen LogP contribution >= 0.6 is 23.1 Å². The van der Waals surface area contributed by atoms with Crippen LogP contribution in [-0.4, -0.2) is 16.0 Å². The van der Waals surface area contributed by atoms with Gasteiger partial charge in [0.2, 0.25) is 5.01 Å². The van der Waals surface area contributed by atoms with Crippen LogP contribution in [0.5, 0.6) is 0 Å². The van der Waals surface area contributed by atoms with E-state index < -0.39 is 11.2 Å². The molecule has 7 heteroatoms. The highest BCUT2D eigenvalue weighted by molar-refractivity contribution is 8.00. The van der Waals surface area contributed by atoms with Gasteiger partial charge in [-0.3, -0.25) is 0 Å². The van der Waals surface area contributed by atoms with Crippen molar-refractivity contribution in [2.45, 2.75) is 17.4 Å². The van der Waals surface area contributed by atoms with Crippen molar-refractivity contribution in [1.29, 1.82) is 0 Å². The highest BCUT2D eigenvalue weighted by Gasteiger charge is 2.35. The number of nitrogens with zero attached hydrogens (tertiary/aromatic N) is 2. The largest absolute Gasteiger partial charge is 0.445 e. The van der Waals surface area contributed by atoms with Gasteiger partial charge in [0.1, 0.15) is 0 Å². The first-order valence-electron chi connectivity index (χ1n) is 3.07. The van der Waals surface area contributed by atoms with E-state index in [4.69, 9.17) is 0 Å². The summed E-state index contributed by atoms with van der Waals surface area (Å²) in [6.07, 6.45) is -4.36. The summed E-state index contributed by atoms with van der Waals surface area (Å²) in [6, 6.07) is 0. The first-order valence-corrected chi connectivity index (χ1v) is 4.87. The maximum Gasteiger partial charge on any atom is 0.445 e. The number of rotatable bonds is 2. The van der Waals surface area contributed by atoms with Crippen LogP contribution in [-0.2, 0) is 6.18 Å². The molecular weight excluding hydrogens is 209 g/mol. The maximum absolute atomic E-state index is 11.9. The lowest BCUT2D eigenvalue weighted by molar-refractivity contribution is -0.138. The Morgan fingerprint density at radius 3 is 2.50 bits per heavy atom. The van der Waals surface area contributed by atoms with E-state index in [1.807, 2.05) is 6.92 Å². The second kappa shape index (κ2) is 3.61. The molecule has 0 aromatic carbocycles. The Kier molecular flexibility index (Phi) is 2.94. The van der Waals surface area contributed by atoms with Crippen molar-refractivity contribution in [1.82, 2.24) is 10.2 Å². The SMILES string of the molecule is CCSc1nnc(C(F)(F)F)s1. The molecule has 0 fully saturated rings. The van der Waals surface area contributed by atoms with Gasteiger partial charge in [-0.25, -0.2) is 0 Å². The van der Waals surface area contributed by atoms with E-state index in [0.29, 0.717) is 21.4 Å². The van der Waals surface area contributed by atoms with Gasteiger partial charge in [0.05, 0.1) is 0 Å². The first-order chi connectivity index (χ1) is 5.54. The molecule has 0 bridgehead atoms. The summed E-state index contributed by atoms with van der Waals surface area (Å²) >= 11 is 1.84. The lowest BCUT2D eigenvalue weighted by Crippen LogP contribution is -2.03. The van der Waals surface area contributed by atoms with Crippen LogP contribution in [0.3, 0.4) is 0 Å². The van der Waals surface area contributed by atoms with Gasteiger partial charge in [-0.15, -0.1) is 10.2 Å². The average Bonchev–Trinajstić information content (AvgIpc) is 2.35. The van der Waals surface area contributed by atoms with Gasteiger partial charge in [-0.2, -0.15) is 13.2 Å². The molecule has 0 amide bonds. The molecule has 0 radical (unpaired) electrons. The summed E-state index contributed by atoms with van der Waals surface area (Å²) in [5.74, 6) is 0.701. The van der Waals surface area contributed by atoms with Crippen LogP contribution in [0.2, 0.25) is 0 Å². The Labute approximate surface area is 75.2 Å². The standard InChI is InChI=1S/C5H5F3N2S2/c1-2-11-4-10-9-3(12-4)5(6,7)8/h2H2,1H3. The fourth-order valence-corrected chi connectivity index (χ4v) is 2.12. The van der Waals surface area contributed by atoms with Crippen molar-refractivity contribution >= 4 is 23.1 Å². The van der Waals surface area contributed by atoms with Crippen molar-refractivity contribution in [3.8, 4) is 0 Å². The highest BCUT2D eigenvalue weighted by Crippen LogP contribution is 2.34. The average molecular weight is 214 g/mol. The lowest BCUT2D eigenvalue weighted by atomic mass is 10.7. The normalized spacial score (nSPS) is 12.0. The molecule has 1 aromatic heterocycles. The Bertz CT molecular complexity index is 257. The Morgan fingerprint density at radius 2 is 2.08 bits per heavy atom. The molecule has 1 aromatic rings. The van der Waals surface area contributed by atoms with E-state index >= 15 is 0 Å². The predicted molar refractivity (Wildman–Crippen MR) is 41.3 cm³/mol. The molecule has 0 atom stereocenters. The van der Waals surface area contributed by atoms with Crippen LogP contribution in [0.1, 0.15) is 11.9 Å². The third kappa shape index (κ3) is 2.34. The molecule has 1 rings (SSSR count). The molecule has 0 aliphatic rings. The van der Waals surface area contributed by atoms with E-state index in [1.54, 1.807) is 0 Å². The molecule has 0 aliphatic carbocycles. The molecule has 12 heavy (non-hydrogen) atoms. The maximum atomic E-state index is 11.9. The van der Waals surface area contributed by atoms with Crippen LogP contribution in [0.25, 0.3) is 0 Å². The molecule has 0 saturated heterocycles. The van der Waals surface area contributed by atoms with Crippen LogP contribution < -0.4 is 0 Å². The van der Waals surface area contributed by atoms with Crippen LogP contribution in [0, 0.1) is 0 Å².